The molecule has 25 heavy (non-hydrogen) atoms. The van der Waals surface area contributed by atoms with Gasteiger partial charge in [0.05, 0.1) is 11.6 Å². The molecule has 2 aliphatic rings. The molecule has 0 aromatic carbocycles. The van der Waals surface area contributed by atoms with Gasteiger partial charge < -0.3 is 10.1 Å². The van der Waals surface area contributed by atoms with E-state index in [0.29, 0.717) is 23.6 Å². The second-order valence-electron chi connectivity index (χ2n) is 7.01. The Labute approximate surface area is 155 Å². The minimum absolute atomic E-state index is 0.171. The zero-order valence-electron chi connectivity index (χ0n) is 15.0. The molecule has 0 spiro atoms. The third-order valence-electron chi connectivity index (χ3n) is 5.22. The lowest BCUT2D eigenvalue weighted by Gasteiger charge is -2.26. The zero-order chi connectivity index (χ0) is 17.6. The van der Waals surface area contributed by atoms with Gasteiger partial charge in [-0.05, 0) is 32.3 Å². The molecular weight excluding hydrogens is 338 g/mol. The molecule has 1 aromatic rings. The maximum absolute atomic E-state index is 12.6. The number of amides is 1. The van der Waals surface area contributed by atoms with Crippen molar-refractivity contribution in [3.8, 4) is 5.88 Å². The van der Waals surface area contributed by atoms with Crippen LogP contribution >= 0.6 is 11.6 Å². The van der Waals surface area contributed by atoms with Crippen LogP contribution in [0.5, 0.6) is 5.88 Å². The van der Waals surface area contributed by atoms with Crippen LogP contribution in [0.3, 0.4) is 0 Å². The second-order valence-corrected chi connectivity index (χ2v) is 7.42. The molecule has 0 bridgehead atoms. The summed E-state index contributed by atoms with van der Waals surface area (Å²) in [4.78, 5) is 19.4. The van der Waals surface area contributed by atoms with Crippen molar-refractivity contribution >= 4 is 17.5 Å². The standard InChI is InChI=1S/C19H28ClN3O2/c1-2-25-17-10-9-16(20)18(22-17)19(24)21-14-11-12-23(13-14)15-7-5-3-4-6-8-15/h9-10,14-15H,2-8,11-13H2,1H3,(H,21,24). The number of nitrogens with one attached hydrogen (secondary N) is 1. The average molecular weight is 366 g/mol. The largest absolute Gasteiger partial charge is 0.478 e. The number of ether oxygens (including phenoxy) is 1. The van der Waals surface area contributed by atoms with Gasteiger partial charge in [-0.25, -0.2) is 4.98 Å². The topological polar surface area (TPSA) is 54.5 Å². The van der Waals surface area contributed by atoms with Crippen LogP contribution < -0.4 is 10.1 Å². The second kappa shape index (κ2) is 8.86. The van der Waals surface area contributed by atoms with E-state index in [1.54, 1.807) is 12.1 Å². The summed E-state index contributed by atoms with van der Waals surface area (Å²) in [6, 6.07) is 4.21. The van der Waals surface area contributed by atoms with Crippen molar-refractivity contribution in [2.45, 2.75) is 64.0 Å². The number of nitrogens with zero attached hydrogens (tertiary/aromatic N) is 2. The molecule has 0 radical (unpaired) electrons. The zero-order valence-corrected chi connectivity index (χ0v) is 15.7. The van der Waals surface area contributed by atoms with Crippen LogP contribution in [0.25, 0.3) is 0 Å². The lowest BCUT2D eigenvalue weighted by molar-refractivity contribution is 0.0929. The summed E-state index contributed by atoms with van der Waals surface area (Å²) in [6.07, 6.45) is 8.99. The average Bonchev–Trinajstić information content (AvgIpc) is 2.89. The molecule has 1 N–H and O–H groups in total. The van der Waals surface area contributed by atoms with Gasteiger partial charge in [0.25, 0.3) is 5.91 Å². The Bertz CT molecular complexity index is 588. The summed E-state index contributed by atoms with van der Waals surface area (Å²) in [5.41, 5.74) is 0.250. The number of aromatic nitrogens is 1. The Hall–Kier alpha value is -1.33. The highest BCUT2D eigenvalue weighted by molar-refractivity contribution is 6.33. The van der Waals surface area contributed by atoms with Gasteiger partial charge >= 0.3 is 0 Å². The maximum Gasteiger partial charge on any atom is 0.271 e. The van der Waals surface area contributed by atoms with Crippen molar-refractivity contribution in [1.29, 1.82) is 0 Å². The molecule has 1 saturated heterocycles. The first-order valence-electron chi connectivity index (χ1n) is 9.51. The fraction of sp³-hybridized carbons (Fsp3) is 0.684. The summed E-state index contributed by atoms with van der Waals surface area (Å²) in [5, 5.41) is 3.47. The van der Waals surface area contributed by atoms with E-state index in [1.165, 1.54) is 38.5 Å². The molecule has 2 heterocycles. The molecule has 1 aliphatic heterocycles. The number of hydrogen-bond acceptors (Lipinski definition) is 4. The minimum atomic E-state index is -0.209. The summed E-state index contributed by atoms with van der Waals surface area (Å²) in [7, 11) is 0. The molecule has 1 unspecified atom stereocenters. The van der Waals surface area contributed by atoms with Crippen molar-refractivity contribution < 1.29 is 9.53 Å². The SMILES string of the molecule is CCOc1ccc(Cl)c(C(=O)NC2CCN(C3CCCCCC3)C2)n1. The van der Waals surface area contributed by atoms with E-state index in [0.717, 1.165) is 19.5 Å². The Balaban J connectivity index is 1.57. The first-order chi connectivity index (χ1) is 12.2. The molecule has 3 rings (SSSR count). The van der Waals surface area contributed by atoms with Gasteiger partial charge in [-0.1, -0.05) is 37.3 Å². The smallest absolute Gasteiger partial charge is 0.271 e. The number of halogens is 1. The Morgan fingerprint density at radius 2 is 2.04 bits per heavy atom. The number of likely N-dealkylation sites (tertiary alicyclic amines) is 1. The van der Waals surface area contributed by atoms with Gasteiger partial charge in [0.15, 0.2) is 5.69 Å². The lowest BCUT2D eigenvalue weighted by atomic mass is 10.1. The molecule has 6 heteroatoms. The van der Waals surface area contributed by atoms with E-state index in [1.807, 2.05) is 6.92 Å². The number of pyridine rings is 1. The van der Waals surface area contributed by atoms with Crippen molar-refractivity contribution in [3.63, 3.8) is 0 Å². The third-order valence-corrected chi connectivity index (χ3v) is 5.53. The van der Waals surface area contributed by atoms with Crippen LogP contribution in [0.2, 0.25) is 5.02 Å². The highest BCUT2D eigenvalue weighted by atomic mass is 35.5. The van der Waals surface area contributed by atoms with Crippen molar-refractivity contribution in [1.82, 2.24) is 15.2 Å². The van der Waals surface area contributed by atoms with Gasteiger partial charge in [-0.15, -0.1) is 0 Å². The lowest BCUT2D eigenvalue weighted by Crippen LogP contribution is -2.40. The molecular formula is C19H28ClN3O2. The van der Waals surface area contributed by atoms with E-state index in [2.05, 4.69) is 15.2 Å². The predicted octanol–water partition coefficient (Wildman–Crippen LogP) is 3.66. The molecule has 1 aromatic heterocycles. The van der Waals surface area contributed by atoms with Crippen LogP contribution in [-0.4, -0.2) is 47.6 Å². The number of hydrogen-bond donors (Lipinski definition) is 1. The normalized spacial score (nSPS) is 22.6. The van der Waals surface area contributed by atoms with Crippen LogP contribution in [0.4, 0.5) is 0 Å². The molecule has 1 aliphatic carbocycles. The first-order valence-corrected chi connectivity index (χ1v) is 9.89. The van der Waals surface area contributed by atoms with Gasteiger partial charge in [-0.3, -0.25) is 9.69 Å². The fourth-order valence-corrected chi connectivity index (χ4v) is 4.12. The summed E-state index contributed by atoms with van der Waals surface area (Å²) >= 11 is 6.16. The predicted molar refractivity (Wildman–Crippen MR) is 99.4 cm³/mol. The summed E-state index contributed by atoms with van der Waals surface area (Å²) in [5.74, 6) is 0.225. The number of carbonyl (C=O) groups excluding carboxylic acids is 1. The maximum atomic E-state index is 12.6. The van der Waals surface area contributed by atoms with Crippen LogP contribution in [-0.2, 0) is 0 Å². The van der Waals surface area contributed by atoms with Crippen molar-refractivity contribution in [3.05, 3.63) is 22.8 Å². The van der Waals surface area contributed by atoms with E-state index in [4.69, 9.17) is 16.3 Å². The summed E-state index contributed by atoms with van der Waals surface area (Å²) in [6.45, 7) is 4.39. The molecule has 1 saturated carbocycles. The highest BCUT2D eigenvalue weighted by Gasteiger charge is 2.30. The Morgan fingerprint density at radius 3 is 2.76 bits per heavy atom. The first kappa shape index (κ1) is 18.5. The minimum Gasteiger partial charge on any atom is -0.478 e. The van der Waals surface area contributed by atoms with Crippen molar-refractivity contribution in [2.24, 2.45) is 0 Å². The van der Waals surface area contributed by atoms with Gasteiger partial charge in [0.2, 0.25) is 5.88 Å². The van der Waals surface area contributed by atoms with Crippen LogP contribution in [0.15, 0.2) is 12.1 Å². The molecule has 1 atom stereocenters. The van der Waals surface area contributed by atoms with Gasteiger partial charge in [0, 0.05) is 31.2 Å². The van der Waals surface area contributed by atoms with E-state index >= 15 is 0 Å². The molecule has 138 valence electrons. The monoisotopic (exact) mass is 365 g/mol. The molecule has 5 nitrogen and oxygen atoms in total. The third kappa shape index (κ3) is 4.85. The Kier molecular flexibility index (Phi) is 6.54. The van der Waals surface area contributed by atoms with Crippen LogP contribution in [0, 0.1) is 0 Å². The molecule has 2 fully saturated rings. The molecule has 1 amide bonds. The van der Waals surface area contributed by atoms with Gasteiger partial charge in [-0.2, -0.15) is 0 Å². The van der Waals surface area contributed by atoms with Gasteiger partial charge in [0.1, 0.15) is 0 Å². The fourth-order valence-electron chi connectivity index (χ4n) is 3.93. The van der Waals surface area contributed by atoms with E-state index in [-0.39, 0.29) is 17.6 Å². The number of rotatable bonds is 5. The van der Waals surface area contributed by atoms with Crippen LogP contribution in [0.1, 0.15) is 62.4 Å². The number of carbonyl (C=O) groups is 1. The van der Waals surface area contributed by atoms with Crippen molar-refractivity contribution in [2.75, 3.05) is 19.7 Å². The summed E-state index contributed by atoms with van der Waals surface area (Å²) < 4.78 is 5.37. The Morgan fingerprint density at radius 1 is 1.28 bits per heavy atom. The van der Waals surface area contributed by atoms with E-state index < -0.39 is 0 Å². The quantitative estimate of drug-likeness (QED) is 0.809. The van der Waals surface area contributed by atoms with E-state index in [9.17, 15) is 4.79 Å². The highest BCUT2D eigenvalue weighted by Crippen LogP contribution is 2.25.